The fourth-order valence-corrected chi connectivity index (χ4v) is 1.33. The van der Waals surface area contributed by atoms with Gasteiger partial charge in [-0.05, 0) is 19.1 Å². The molecule has 98 valence electrons. The monoisotopic (exact) mass is 254 g/mol. The Balaban J connectivity index is 2.67. The van der Waals surface area contributed by atoms with Crippen molar-refractivity contribution in [2.75, 3.05) is 13.7 Å². The lowest BCUT2D eigenvalue weighted by molar-refractivity contribution is -0.385. The standard InChI is InChI=1S/C11H14N2O5/c1-7-5-8(3-4-10(7)13(15)16)18-6-9(12)11(14)17-2/h3-5,9H,6,12H2,1-2H3. The highest BCUT2D eigenvalue weighted by molar-refractivity contribution is 5.75. The number of hydrogen-bond acceptors (Lipinski definition) is 6. The number of nitrogens with zero attached hydrogens (tertiary/aromatic N) is 1. The normalized spacial score (nSPS) is 11.7. The average molecular weight is 254 g/mol. The third kappa shape index (κ3) is 3.42. The van der Waals surface area contributed by atoms with Gasteiger partial charge >= 0.3 is 5.97 Å². The van der Waals surface area contributed by atoms with Gasteiger partial charge in [-0.25, -0.2) is 0 Å². The number of nitro groups is 1. The highest BCUT2D eigenvalue weighted by Gasteiger charge is 2.15. The van der Waals surface area contributed by atoms with E-state index >= 15 is 0 Å². The molecule has 0 heterocycles. The molecule has 0 amide bonds. The molecular weight excluding hydrogens is 240 g/mol. The molecule has 0 saturated heterocycles. The summed E-state index contributed by atoms with van der Waals surface area (Å²) in [4.78, 5) is 21.2. The number of carbonyl (C=O) groups is 1. The third-order valence-electron chi connectivity index (χ3n) is 2.30. The summed E-state index contributed by atoms with van der Waals surface area (Å²) < 4.78 is 9.70. The number of carbonyl (C=O) groups excluding carboxylic acids is 1. The summed E-state index contributed by atoms with van der Waals surface area (Å²) in [7, 11) is 1.23. The number of rotatable bonds is 5. The topological polar surface area (TPSA) is 105 Å². The van der Waals surface area contributed by atoms with Gasteiger partial charge in [0.15, 0.2) is 0 Å². The maximum Gasteiger partial charge on any atom is 0.326 e. The number of aryl methyl sites for hydroxylation is 1. The lowest BCUT2D eigenvalue weighted by atomic mass is 10.2. The van der Waals surface area contributed by atoms with Crippen LogP contribution in [0, 0.1) is 17.0 Å². The minimum absolute atomic E-state index is 0.0135. The molecular formula is C11H14N2O5. The zero-order valence-corrected chi connectivity index (χ0v) is 10.1. The molecule has 0 aromatic heterocycles. The zero-order chi connectivity index (χ0) is 13.7. The van der Waals surface area contributed by atoms with E-state index in [2.05, 4.69) is 4.74 Å². The van der Waals surface area contributed by atoms with Crippen molar-refractivity contribution in [3.63, 3.8) is 0 Å². The summed E-state index contributed by atoms with van der Waals surface area (Å²) in [6.45, 7) is 1.55. The minimum atomic E-state index is -0.884. The molecule has 0 fully saturated rings. The Kier molecular flexibility index (Phi) is 4.61. The molecule has 1 aromatic carbocycles. The van der Waals surface area contributed by atoms with Gasteiger partial charge in [-0.2, -0.15) is 0 Å². The molecule has 1 rings (SSSR count). The summed E-state index contributed by atoms with van der Waals surface area (Å²) >= 11 is 0. The van der Waals surface area contributed by atoms with Crippen molar-refractivity contribution in [1.29, 1.82) is 0 Å². The van der Waals surface area contributed by atoms with Crippen molar-refractivity contribution in [1.82, 2.24) is 0 Å². The Morgan fingerprint density at radius 2 is 2.22 bits per heavy atom. The Bertz CT molecular complexity index is 461. The fraction of sp³-hybridized carbons (Fsp3) is 0.364. The second-order valence-electron chi connectivity index (χ2n) is 3.65. The van der Waals surface area contributed by atoms with Crippen LogP contribution in [0.25, 0.3) is 0 Å². The fourth-order valence-electron chi connectivity index (χ4n) is 1.33. The van der Waals surface area contributed by atoms with Crippen LogP contribution >= 0.6 is 0 Å². The van der Waals surface area contributed by atoms with E-state index in [-0.39, 0.29) is 12.3 Å². The number of esters is 1. The first-order chi connectivity index (χ1) is 8.45. The van der Waals surface area contributed by atoms with Crippen LogP contribution in [0.2, 0.25) is 0 Å². The predicted octanol–water partition coefficient (Wildman–Crippen LogP) is 0.782. The van der Waals surface area contributed by atoms with Gasteiger partial charge in [-0.3, -0.25) is 14.9 Å². The molecule has 1 aromatic rings. The molecule has 0 aliphatic rings. The largest absolute Gasteiger partial charge is 0.491 e. The van der Waals surface area contributed by atoms with Crippen molar-refractivity contribution in [3.8, 4) is 5.75 Å². The summed E-state index contributed by atoms with van der Waals surface area (Å²) in [5, 5.41) is 10.6. The molecule has 7 heteroatoms. The van der Waals surface area contributed by atoms with Gasteiger partial charge in [-0.1, -0.05) is 0 Å². The van der Waals surface area contributed by atoms with E-state index in [1.165, 1.54) is 25.3 Å². The second kappa shape index (κ2) is 5.97. The number of ether oxygens (including phenoxy) is 2. The van der Waals surface area contributed by atoms with Crippen LogP contribution in [0.5, 0.6) is 5.75 Å². The van der Waals surface area contributed by atoms with Crippen LogP contribution in [-0.2, 0) is 9.53 Å². The highest BCUT2D eigenvalue weighted by atomic mass is 16.6. The molecule has 0 aliphatic carbocycles. The number of benzene rings is 1. The summed E-state index contributed by atoms with van der Waals surface area (Å²) in [5.74, 6) is -0.161. The quantitative estimate of drug-likeness (QED) is 0.473. The summed E-state index contributed by atoms with van der Waals surface area (Å²) in [5.41, 5.74) is 5.97. The number of nitrogens with two attached hydrogens (primary N) is 1. The van der Waals surface area contributed by atoms with E-state index in [9.17, 15) is 14.9 Å². The molecule has 1 unspecified atom stereocenters. The van der Waals surface area contributed by atoms with E-state index in [1.807, 2.05) is 0 Å². The maximum absolute atomic E-state index is 11.0. The number of nitro benzene ring substituents is 1. The van der Waals surface area contributed by atoms with Crippen molar-refractivity contribution in [2.24, 2.45) is 5.73 Å². The van der Waals surface area contributed by atoms with E-state index in [0.29, 0.717) is 11.3 Å². The summed E-state index contributed by atoms with van der Waals surface area (Å²) in [6, 6.07) is 3.43. The molecule has 18 heavy (non-hydrogen) atoms. The smallest absolute Gasteiger partial charge is 0.326 e. The first kappa shape index (κ1) is 13.9. The molecule has 1 atom stereocenters. The Hall–Kier alpha value is -2.15. The molecule has 0 saturated carbocycles. The summed E-state index contributed by atoms with van der Waals surface area (Å²) in [6.07, 6.45) is 0. The predicted molar refractivity (Wildman–Crippen MR) is 63.3 cm³/mol. The Labute approximate surface area is 104 Å². The third-order valence-corrected chi connectivity index (χ3v) is 2.30. The van der Waals surface area contributed by atoms with E-state index in [0.717, 1.165) is 0 Å². The van der Waals surface area contributed by atoms with Gasteiger partial charge in [0, 0.05) is 11.6 Å². The highest BCUT2D eigenvalue weighted by Crippen LogP contribution is 2.22. The maximum atomic E-state index is 11.0. The number of methoxy groups -OCH3 is 1. The lowest BCUT2D eigenvalue weighted by Gasteiger charge is -2.11. The Morgan fingerprint density at radius 1 is 1.56 bits per heavy atom. The van der Waals surface area contributed by atoms with Gasteiger partial charge in [0.2, 0.25) is 0 Å². The van der Waals surface area contributed by atoms with Crippen LogP contribution in [-0.4, -0.2) is 30.7 Å². The van der Waals surface area contributed by atoms with Gasteiger partial charge in [0.05, 0.1) is 12.0 Å². The zero-order valence-electron chi connectivity index (χ0n) is 10.1. The van der Waals surface area contributed by atoms with Crippen LogP contribution < -0.4 is 10.5 Å². The van der Waals surface area contributed by atoms with Crippen molar-refractivity contribution < 1.29 is 19.2 Å². The minimum Gasteiger partial charge on any atom is -0.491 e. The lowest BCUT2D eigenvalue weighted by Crippen LogP contribution is -2.37. The molecule has 0 spiro atoms. The van der Waals surface area contributed by atoms with Gasteiger partial charge in [-0.15, -0.1) is 0 Å². The van der Waals surface area contributed by atoms with Crippen molar-refractivity contribution >= 4 is 11.7 Å². The average Bonchev–Trinajstić information content (AvgIpc) is 2.34. The van der Waals surface area contributed by atoms with E-state index in [1.54, 1.807) is 6.92 Å². The molecule has 0 radical (unpaired) electrons. The van der Waals surface area contributed by atoms with Crippen LogP contribution in [0.4, 0.5) is 5.69 Å². The molecule has 0 bridgehead atoms. The molecule has 7 nitrogen and oxygen atoms in total. The van der Waals surface area contributed by atoms with Crippen LogP contribution in [0.15, 0.2) is 18.2 Å². The second-order valence-corrected chi connectivity index (χ2v) is 3.65. The first-order valence-corrected chi connectivity index (χ1v) is 5.17. The van der Waals surface area contributed by atoms with Gasteiger partial charge in [0.25, 0.3) is 5.69 Å². The Morgan fingerprint density at radius 3 is 2.72 bits per heavy atom. The van der Waals surface area contributed by atoms with Crippen molar-refractivity contribution in [3.05, 3.63) is 33.9 Å². The van der Waals surface area contributed by atoms with E-state index in [4.69, 9.17) is 10.5 Å². The number of hydrogen-bond donors (Lipinski definition) is 1. The van der Waals surface area contributed by atoms with Crippen LogP contribution in [0.3, 0.4) is 0 Å². The van der Waals surface area contributed by atoms with Crippen LogP contribution in [0.1, 0.15) is 5.56 Å². The van der Waals surface area contributed by atoms with Crippen molar-refractivity contribution in [2.45, 2.75) is 13.0 Å². The molecule has 2 N–H and O–H groups in total. The van der Waals surface area contributed by atoms with E-state index < -0.39 is 16.9 Å². The molecule has 0 aliphatic heterocycles. The SMILES string of the molecule is COC(=O)C(N)COc1ccc([N+](=O)[O-])c(C)c1. The van der Waals surface area contributed by atoms with Gasteiger partial charge in [0.1, 0.15) is 18.4 Å². The van der Waals surface area contributed by atoms with Gasteiger partial charge < -0.3 is 15.2 Å². The first-order valence-electron chi connectivity index (χ1n) is 5.17.